The Balaban J connectivity index is 2.50. The quantitative estimate of drug-likeness (QED) is 0.824. The third-order valence-electron chi connectivity index (χ3n) is 3.49. The van der Waals surface area contributed by atoms with Crippen LogP contribution in [0.1, 0.15) is 36.7 Å². The largest absolute Gasteiger partial charge is 0.391 e. The first-order chi connectivity index (χ1) is 8.47. The Kier molecular flexibility index (Phi) is 3.22. The number of rotatable bonds is 3. The van der Waals surface area contributed by atoms with Crippen molar-refractivity contribution in [2.24, 2.45) is 0 Å². The van der Waals surface area contributed by atoms with Crippen molar-refractivity contribution in [2.75, 3.05) is 4.90 Å². The average molecular weight is 247 g/mol. The van der Waals surface area contributed by atoms with Gasteiger partial charge >= 0.3 is 0 Å². The Labute approximate surface area is 106 Å². The van der Waals surface area contributed by atoms with Gasteiger partial charge in [0, 0.05) is 0 Å². The molecule has 1 amide bonds. The highest BCUT2D eigenvalue weighted by molar-refractivity contribution is 6.52. The molecule has 2 rings (SSSR count). The zero-order valence-corrected chi connectivity index (χ0v) is 10.8. The molecule has 1 aliphatic heterocycles. The number of amides is 1. The Hall–Kier alpha value is -1.68. The Bertz CT molecular complexity index is 508. The lowest BCUT2D eigenvalue weighted by molar-refractivity contribution is -0.115. The van der Waals surface area contributed by atoms with E-state index >= 15 is 0 Å². The fourth-order valence-electron chi connectivity index (χ4n) is 2.15. The van der Waals surface area contributed by atoms with Crippen LogP contribution < -0.4 is 4.90 Å². The van der Waals surface area contributed by atoms with E-state index in [1.807, 2.05) is 13.0 Å². The van der Waals surface area contributed by atoms with Gasteiger partial charge in [-0.25, -0.2) is 0 Å². The number of carbonyl (C=O) groups is 2. The highest BCUT2D eigenvalue weighted by atomic mass is 16.3. The lowest BCUT2D eigenvalue weighted by Crippen LogP contribution is -2.43. The van der Waals surface area contributed by atoms with Crippen LogP contribution in [0.2, 0.25) is 0 Å². The van der Waals surface area contributed by atoms with Crippen molar-refractivity contribution < 1.29 is 14.7 Å². The van der Waals surface area contributed by atoms with E-state index in [-0.39, 0.29) is 0 Å². The molecule has 4 nitrogen and oxygen atoms in total. The van der Waals surface area contributed by atoms with Crippen LogP contribution in [0.4, 0.5) is 5.69 Å². The summed E-state index contributed by atoms with van der Waals surface area (Å²) < 4.78 is 0. The summed E-state index contributed by atoms with van der Waals surface area (Å²) in [6.45, 7) is 5.35. The molecule has 2 atom stereocenters. The smallest absolute Gasteiger partial charge is 0.299 e. The van der Waals surface area contributed by atoms with Crippen molar-refractivity contribution in [3.63, 3.8) is 0 Å². The van der Waals surface area contributed by atoms with Crippen molar-refractivity contribution in [3.8, 4) is 0 Å². The van der Waals surface area contributed by atoms with Crippen LogP contribution in [0.25, 0.3) is 0 Å². The molecule has 1 N–H and O–H groups in total. The summed E-state index contributed by atoms with van der Waals surface area (Å²) in [5.74, 6) is -1.03. The number of carbonyl (C=O) groups excluding carboxylic acids is 2. The minimum absolute atomic E-state index is 0.407. The van der Waals surface area contributed by atoms with E-state index in [4.69, 9.17) is 0 Å². The van der Waals surface area contributed by atoms with Crippen molar-refractivity contribution >= 4 is 17.4 Å². The van der Waals surface area contributed by atoms with Crippen LogP contribution in [0.3, 0.4) is 0 Å². The number of aryl methyl sites for hydroxylation is 1. The second kappa shape index (κ2) is 4.53. The lowest BCUT2D eigenvalue weighted by Gasteiger charge is -2.26. The first kappa shape index (κ1) is 12.8. The van der Waals surface area contributed by atoms with Crippen molar-refractivity contribution in [2.45, 2.75) is 39.3 Å². The molecule has 0 saturated heterocycles. The predicted octanol–water partition coefficient (Wildman–Crippen LogP) is 1.55. The number of aliphatic hydroxyl groups is 1. The van der Waals surface area contributed by atoms with Gasteiger partial charge in [-0.2, -0.15) is 0 Å². The molecule has 0 saturated carbocycles. The number of benzene rings is 1. The molecular weight excluding hydrogens is 230 g/mol. The van der Waals surface area contributed by atoms with Crippen LogP contribution >= 0.6 is 0 Å². The average Bonchev–Trinajstić information content (AvgIpc) is 2.61. The van der Waals surface area contributed by atoms with Crippen molar-refractivity contribution in [3.05, 3.63) is 29.3 Å². The zero-order chi connectivity index (χ0) is 13.4. The van der Waals surface area contributed by atoms with Crippen LogP contribution in [-0.2, 0) is 11.2 Å². The predicted molar refractivity (Wildman–Crippen MR) is 68.8 cm³/mol. The molecule has 1 aromatic rings. The fourth-order valence-corrected chi connectivity index (χ4v) is 2.15. The lowest BCUT2D eigenvalue weighted by atomic mass is 10.1. The van der Waals surface area contributed by atoms with Gasteiger partial charge in [-0.15, -0.1) is 0 Å². The van der Waals surface area contributed by atoms with E-state index in [2.05, 4.69) is 0 Å². The number of hydrogen-bond acceptors (Lipinski definition) is 3. The van der Waals surface area contributed by atoms with Crippen LogP contribution in [-0.4, -0.2) is 28.9 Å². The van der Waals surface area contributed by atoms with Gasteiger partial charge in [-0.1, -0.05) is 13.0 Å². The Morgan fingerprint density at radius 1 is 1.28 bits per heavy atom. The van der Waals surface area contributed by atoms with Gasteiger partial charge in [0.2, 0.25) is 0 Å². The van der Waals surface area contributed by atoms with E-state index < -0.39 is 23.8 Å². The summed E-state index contributed by atoms with van der Waals surface area (Å²) in [5, 5.41) is 9.61. The highest BCUT2D eigenvalue weighted by Gasteiger charge is 2.39. The van der Waals surface area contributed by atoms with Gasteiger partial charge < -0.3 is 5.11 Å². The molecule has 0 aromatic heterocycles. The van der Waals surface area contributed by atoms with E-state index in [0.717, 1.165) is 12.0 Å². The van der Waals surface area contributed by atoms with E-state index in [9.17, 15) is 14.7 Å². The molecule has 1 aromatic carbocycles. The van der Waals surface area contributed by atoms with Crippen molar-refractivity contribution in [1.29, 1.82) is 0 Å². The first-order valence-corrected chi connectivity index (χ1v) is 6.16. The van der Waals surface area contributed by atoms with E-state index in [0.29, 0.717) is 11.3 Å². The van der Waals surface area contributed by atoms with Gasteiger partial charge in [-0.05, 0) is 38.0 Å². The molecule has 0 spiro atoms. The fraction of sp³-hybridized carbons (Fsp3) is 0.429. The number of ketones is 1. The first-order valence-electron chi connectivity index (χ1n) is 6.16. The standard InChI is InChI=1S/C14H17NO3/c1-4-10-5-6-12-11(7-10)13(17)14(18)15(12)8(2)9(3)16/h5-9,16H,4H2,1-3H3. The number of hydrogen-bond donors (Lipinski definition) is 1. The van der Waals surface area contributed by atoms with Crippen LogP contribution in [0.15, 0.2) is 18.2 Å². The molecule has 4 heteroatoms. The number of anilines is 1. The molecule has 0 radical (unpaired) electrons. The van der Waals surface area contributed by atoms with E-state index in [1.165, 1.54) is 4.90 Å². The third-order valence-corrected chi connectivity index (χ3v) is 3.49. The summed E-state index contributed by atoms with van der Waals surface area (Å²) in [6, 6.07) is 5.06. The normalized spacial score (nSPS) is 17.9. The van der Waals surface area contributed by atoms with E-state index in [1.54, 1.807) is 26.0 Å². The third kappa shape index (κ3) is 1.82. The molecule has 2 unspecified atom stereocenters. The van der Waals surface area contributed by atoms with Gasteiger partial charge in [-0.3, -0.25) is 14.5 Å². The molecular formula is C14H17NO3. The molecule has 0 fully saturated rings. The molecule has 1 aliphatic rings. The number of Topliss-reactive ketones (excluding diaryl/α,β-unsaturated/α-hetero) is 1. The minimum atomic E-state index is -0.682. The van der Waals surface area contributed by atoms with Gasteiger partial charge in [0.15, 0.2) is 0 Å². The SMILES string of the molecule is CCc1ccc2c(c1)C(=O)C(=O)N2C(C)C(C)O. The summed E-state index contributed by atoms with van der Waals surface area (Å²) in [5.41, 5.74) is 2.09. The maximum Gasteiger partial charge on any atom is 0.299 e. The number of fused-ring (bicyclic) bond motifs is 1. The second-order valence-electron chi connectivity index (χ2n) is 4.69. The minimum Gasteiger partial charge on any atom is -0.391 e. The molecule has 1 heterocycles. The van der Waals surface area contributed by atoms with Gasteiger partial charge in [0.05, 0.1) is 23.4 Å². The van der Waals surface area contributed by atoms with Gasteiger partial charge in [0.1, 0.15) is 0 Å². The zero-order valence-electron chi connectivity index (χ0n) is 10.8. The second-order valence-corrected chi connectivity index (χ2v) is 4.69. The summed E-state index contributed by atoms with van der Waals surface area (Å²) in [4.78, 5) is 25.3. The maximum atomic E-state index is 12.0. The molecule has 18 heavy (non-hydrogen) atoms. The maximum absolute atomic E-state index is 12.0. The summed E-state index contributed by atoms with van der Waals surface area (Å²) in [6.07, 6.45) is 0.138. The summed E-state index contributed by atoms with van der Waals surface area (Å²) in [7, 11) is 0. The Morgan fingerprint density at radius 2 is 1.94 bits per heavy atom. The van der Waals surface area contributed by atoms with Crippen molar-refractivity contribution in [1.82, 2.24) is 0 Å². The van der Waals surface area contributed by atoms with Gasteiger partial charge in [0.25, 0.3) is 11.7 Å². The monoisotopic (exact) mass is 247 g/mol. The summed E-state index contributed by atoms with van der Waals surface area (Å²) >= 11 is 0. The Morgan fingerprint density at radius 3 is 2.50 bits per heavy atom. The van der Waals surface area contributed by atoms with Crippen LogP contribution in [0, 0.1) is 0 Å². The molecule has 0 bridgehead atoms. The topological polar surface area (TPSA) is 57.6 Å². The number of nitrogens with zero attached hydrogens (tertiary/aromatic N) is 1. The molecule has 96 valence electrons. The molecule has 0 aliphatic carbocycles. The number of aliphatic hydroxyl groups excluding tert-OH is 1. The highest BCUT2D eigenvalue weighted by Crippen LogP contribution is 2.32. The van der Waals surface area contributed by atoms with Crippen LogP contribution in [0.5, 0.6) is 0 Å².